The lowest BCUT2D eigenvalue weighted by Gasteiger charge is -2.26. The Morgan fingerprint density at radius 2 is 2.00 bits per heavy atom. The van der Waals surface area contributed by atoms with E-state index in [0.29, 0.717) is 18.7 Å². The van der Waals surface area contributed by atoms with Crippen LogP contribution < -0.4 is 10.2 Å². The number of benzene rings is 1. The average Bonchev–Trinajstić information content (AvgIpc) is 2.35. The highest BCUT2D eigenvalue weighted by Gasteiger charge is 2.30. The number of nitrogens with zero attached hydrogens (tertiary/aromatic N) is 1. The molecule has 1 N–H and O–H groups in total. The number of hydrogen-bond acceptors (Lipinski definition) is 2. The molecule has 0 aliphatic heterocycles. The number of anilines is 1. The Kier molecular flexibility index (Phi) is 6.33. The molecule has 0 spiro atoms. The highest BCUT2D eigenvalue weighted by Crippen LogP contribution is 2.30. The Morgan fingerprint density at radius 3 is 2.45 bits per heavy atom. The number of alkyl halides is 3. The Hall–Kier alpha value is -0.750. The van der Waals surface area contributed by atoms with Gasteiger partial charge in [-0.25, -0.2) is 0 Å². The van der Waals surface area contributed by atoms with Crippen molar-refractivity contribution < 1.29 is 13.2 Å². The van der Waals surface area contributed by atoms with E-state index in [9.17, 15) is 13.2 Å². The van der Waals surface area contributed by atoms with Crippen molar-refractivity contribution in [3.8, 4) is 0 Å². The van der Waals surface area contributed by atoms with E-state index in [-0.39, 0.29) is 6.04 Å². The van der Waals surface area contributed by atoms with Crippen molar-refractivity contribution in [2.45, 2.75) is 32.5 Å². The predicted octanol–water partition coefficient (Wildman–Crippen LogP) is 4.51. The van der Waals surface area contributed by atoms with Crippen LogP contribution in [-0.2, 0) is 0 Å². The molecule has 1 aromatic rings. The quantitative estimate of drug-likeness (QED) is 0.810. The van der Waals surface area contributed by atoms with Crippen LogP contribution in [0.15, 0.2) is 22.7 Å². The van der Waals surface area contributed by atoms with Gasteiger partial charge in [-0.15, -0.1) is 0 Å². The lowest BCUT2D eigenvalue weighted by atomic mass is 10.1. The van der Waals surface area contributed by atoms with Crippen LogP contribution in [-0.4, -0.2) is 26.3 Å². The van der Waals surface area contributed by atoms with E-state index in [1.807, 2.05) is 27.0 Å². The molecule has 2 nitrogen and oxygen atoms in total. The van der Waals surface area contributed by atoms with Crippen LogP contribution in [0.1, 0.15) is 31.9 Å². The molecule has 1 aromatic carbocycles. The number of rotatable bonds is 6. The average molecular weight is 353 g/mol. The maximum Gasteiger partial charge on any atom is 0.405 e. The largest absolute Gasteiger partial charge is 0.405 e. The molecule has 1 rings (SSSR count). The van der Waals surface area contributed by atoms with Gasteiger partial charge in [-0.2, -0.15) is 13.2 Å². The summed E-state index contributed by atoms with van der Waals surface area (Å²) in [6.45, 7) is 3.33. The molecule has 0 saturated carbocycles. The second kappa shape index (κ2) is 7.31. The van der Waals surface area contributed by atoms with Gasteiger partial charge < -0.3 is 10.2 Å². The summed E-state index contributed by atoms with van der Waals surface area (Å²) in [7, 11) is 1.85. The molecule has 114 valence electrons. The lowest BCUT2D eigenvalue weighted by molar-refractivity contribution is -0.119. The summed E-state index contributed by atoms with van der Waals surface area (Å²) in [6, 6.07) is 5.50. The van der Waals surface area contributed by atoms with Crippen LogP contribution in [0.2, 0.25) is 0 Å². The van der Waals surface area contributed by atoms with E-state index in [4.69, 9.17) is 0 Å². The summed E-state index contributed by atoms with van der Waals surface area (Å²) >= 11 is 3.44. The van der Waals surface area contributed by atoms with Crippen LogP contribution in [0.25, 0.3) is 0 Å². The molecule has 0 aliphatic carbocycles. The van der Waals surface area contributed by atoms with E-state index in [1.54, 1.807) is 12.1 Å². The first-order valence-electron chi connectivity index (χ1n) is 6.57. The molecule has 6 heteroatoms. The van der Waals surface area contributed by atoms with Gasteiger partial charge in [0.25, 0.3) is 0 Å². The predicted molar refractivity (Wildman–Crippen MR) is 80.2 cm³/mol. The van der Waals surface area contributed by atoms with Crippen molar-refractivity contribution >= 4 is 21.6 Å². The monoisotopic (exact) mass is 352 g/mol. The van der Waals surface area contributed by atoms with Crippen molar-refractivity contribution in [2.24, 2.45) is 0 Å². The molecule has 0 bridgehead atoms. The fraction of sp³-hybridized carbons (Fsp3) is 0.571. The number of nitrogens with one attached hydrogen (secondary N) is 1. The second-order valence-electron chi connectivity index (χ2n) is 4.75. The first-order chi connectivity index (χ1) is 9.28. The minimum absolute atomic E-state index is 0.140. The highest BCUT2D eigenvalue weighted by atomic mass is 79.9. The molecular weight excluding hydrogens is 333 g/mol. The molecule has 0 amide bonds. The summed E-state index contributed by atoms with van der Waals surface area (Å²) in [5.74, 6) is 0. The number of hydrogen-bond donors (Lipinski definition) is 1. The van der Waals surface area contributed by atoms with Gasteiger partial charge in [0.05, 0.1) is 0 Å². The molecule has 0 radical (unpaired) electrons. The van der Waals surface area contributed by atoms with E-state index in [2.05, 4.69) is 21.2 Å². The van der Waals surface area contributed by atoms with Gasteiger partial charge in [-0.3, -0.25) is 0 Å². The maximum absolute atomic E-state index is 12.6. The Bertz CT molecular complexity index is 435. The zero-order valence-corrected chi connectivity index (χ0v) is 13.5. The normalized spacial score (nSPS) is 13.3. The van der Waals surface area contributed by atoms with Crippen LogP contribution in [0.4, 0.5) is 18.9 Å². The maximum atomic E-state index is 12.6. The summed E-state index contributed by atoms with van der Waals surface area (Å²) in [5.41, 5.74) is 1.61. The van der Waals surface area contributed by atoms with E-state index < -0.39 is 12.7 Å². The zero-order chi connectivity index (χ0) is 15.3. The van der Waals surface area contributed by atoms with Gasteiger partial charge in [-0.1, -0.05) is 28.9 Å². The molecule has 20 heavy (non-hydrogen) atoms. The van der Waals surface area contributed by atoms with Crippen molar-refractivity contribution in [1.29, 1.82) is 0 Å². The summed E-state index contributed by atoms with van der Waals surface area (Å²) in [6.07, 6.45) is -3.53. The van der Waals surface area contributed by atoms with Crippen molar-refractivity contribution in [3.05, 3.63) is 28.2 Å². The summed E-state index contributed by atoms with van der Waals surface area (Å²) < 4.78 is 38.7. The van der Waals surface area contributed by atoms with E-state index >= 15 is 0 Å². The molecule has 1 atom stereocenters. The Labute approximate surface area is 126 Å². The molecule has 0 aromatic heterocycles. The number of halogens is 4. The zero-order valence-electron chi connectivity index (χ0n) is 11.9. The highest BCUT2D eigenvalue weighted by molar-refractivity contribution is 9.10. The summed E-state index contributed by atoms with van der Waals surface area (Å²) in [4.78, 5) is 1.36. The smallest absolute Gasteiger partial charge is 0.363 e. The van der Waals surface area contributed by atoms with E-state index in [1.165, 1.54) is 4.90 Å². The molecule has 0 heterocycles. The molecular formula is C14H20BrF3N2. The van der Waals surface area contributed by atoms with Crippen LogP contribution in [0.3, 0.4) is 0 Å². The van der Waals surface area contributed by atoms with Crippen molar-refractivity contribution in [2.75, 3.05) is 25.0 Å². The third-order valence-corrected chi connectivity index (χ3v) is 3.80. The van der Waals surface area contributed by atoms with E-state index in [0.717, 1.165) is 10.0 Å². The van der Waals surface area contributed by atoms with Crippen molar-refractivity contribution in [3.63, 3.8) is 0 Å². The topological polar surface area (TPSA) is 15.3 Å². The Morgan fingerprint density at radius 1 is 1.35 bits per heavy atom. The SMILES string of the molecule is CCCN(CC(F)(F)F)c1ccc(C(C)NC)c(Br)c1. The van der Waals surface area contributed by atoms with Crippen LogP contribution in [0.5, 0.6) is 0 Å². The van der Waals surface area contributed by atoms with Gasteiger partial charge in [0.15, 0.2) is 0 Å². The molecule has 0 aliphatic rings. The fourth-order valence-electron chi connectivity index (χ4n) is 2.01. The van der Waals surface area contributed by atoms with Gasteiger partial charge in [0.2, 0.25) is 0 Å². The van der Waals surface area contributed by atoms with Gasteiger partial charge in [0.1, 0.15) is 6.54 Å². The molecule has 0 saturated heterocycles. The van der Waals surface area contributed by atoms with Crippen LogP contribution in [0, 0.1) is 0 Å². The fourth-order valence-corrected chi connectivity index (χ4v) is 2.72. The van der Waals surface area contributed by atoms with Crippen molar-refractivity contribution in [1.82, 2.24) is 5.32 Å². The molecule has 1 unspecified atom stereocenters. The summed E-state index contributed by atoms with van der Waals surface area (Å²) in [5, 5.41) is 3.11. The minimum atomic E-state index is -4.20. The minimum Gasteiger partial charge on any atom is -0.363 e. The third kappa shape index (κ3) is 4.98. The first-order valence-corrected chi connectivity index (χ1v) is 7.36. The second-order valence-corrected chi connectivity index (χ2v) is 5.61. The third-order valence-electron chi connectivity index (χ3n) is 3.11. The van der Waals surface area contributed by atoms with Crippen LogP contribution >= 0.6 is 15.9 Å². The van der Waals surface area contributed by atoms with Gasteiger partial charge in [0, 0.05) is 22.7 Å². The van der Waals surface area contributed by atoms with Gasteiger partial charge in [-0.05, 0) is 38.1 Å². The van der Waals surface area contributed by atoms with Gasteiger partial charge >= 0.3 is 6.18 Å². The first kappa shape index (κ1) is 17.3. The standard InChI is InChI=1S/C14H20BrF3N2/c1-4-7-20(9-14(16,17)18)11-5-6-12(10(2)19-3)13(15)8-11/h5-6,8,10,19H,4,7,9H2,1-3H3. The lowest BCUT2D eigenvalue weighted by Crippen LogP contribution is -2.34. The molecule has 0 fully saturated rings. The Balaban J connectivity index is 3.00.